The molecule has 1 aliphatic rings. The fourth-order valence-corrected chi connectivity index (χ4v) is 2.20. The van der Waals surface area contributed by atoms with Crippen LogP contribution < -0.4 is 11.1 Å². The first-order chi connectivity index (χ1) is 8.74. The van der Waals surface area contributed by atoms with Crippen LogP contribution in [0.4, 0.5) is 5.69 Å². The molecule has 0 spiro atoms. The van der Waals surface area contributed by atoms with Crippen LogP contribution in [-0.4, -0.2) is 25.2 Å². The van der Waals surface area contributed by atoms with E-state index in [1.165, 1.54) is 0 Å². The molecule has 1 amide bonds. The fourth-order valence-electron chi connectivity index (χ4n) is 2.20. The summed E-state index contributed by atoms with van der Waals surface area (Å²) in [5.74, 6) is -0.295. The molecule has 0 aliphatic carbocycles. The maximum Gasteiger partial charge on any atom is 0.221 e. The summed E-state index contributed by atoms with van der Waals surface area (Å²) < 4.78 is 5.43. The second kappa shape index (κ2) is 6.40. The lowest BCUT2D eigenvalue weighted by molar-refractivity contribution is -0.117. The van der Waals surface area contributed by atoms with Gasteiger partial charge in [-0.15, -0.1) is 0 Å². The molecule has 1 heterocycles. The van der Waals surface area contributed by atoms with Crippen LogP contribution in [0.1, 0.15) is 24.8 Å². The van der Waals surface area contributed by atoms with E-state index in [0.717, 1.165) is 43.7 Å². The summed E-state index contributed by atoms with van der Waals surface area (Å²) in [6, 6.07) is 8.38. The van der Waals surface area contributed by atoms with Crippen LogP contribution in [0.15, 0.2) is 24.3 Å². The molecule has 2 rings (SSSR count). The number of primary amides is 1. The van der Waals surface area contributed by atoms with Crippen molar-refractivity contribution in [2.45, 2.75) is 31.7 Å². The van der Waals surface area contributed by atoms with Gasteiger partial charge in [-0.05, 0) is 37.0 Å². The van der Waals surface area contributed by atoms with E-state index in [4.69, 9.17) is 10.5 Å². The van der Waals surface area contributed by atoms with Gasteiger partial charge in [-0.3, -0.25) is 4.79 Å². The van der Waals surface area contributed by atoms with Crippen molar-refractivity contribution in [3.05, 3.63) is 29.8 Å². The molecule has 0 saturated carbocycles. The van der Waals surface area contributed by atoms with Crippen LogP contribution in [0.5, 0.6) is 0 Å². The van der Waals surface area contributed by atoms with Gasteiger partial charge in [0.2, 0.25) is 5.91 Å². The van der Waals surface area contributed by atoms with Crippen LogP contribution in [-0.2, 0) is 16.0 Å². The number of anilines is 1. The predicted octanol–water partition coefficient (Wildman–Crippen LogP) is 1.70. The van der Waals surface area contributed by atoms with E-state index in [2.05, 4.69) is 5.32 Å². The van der Waals surface area contributed by atoms with Gasteiger partial charge >= 0.3 is 0 Å². The summed E-state index contributed by atoms with van der Waals surface area (Å²) in [4.78, 5) is 10.8. The maximum absolute atomic E-state index is 10.8. The molecule has 18 heavy (non-hydrogen) atoms. The van der Waals surface area contributed by atoms with E-state index in [0.29, 0.717) is 12.5 Å². The number of nitrogens with one attached hydrogen (secondary N) is 1. The first-order valence-electron chi connectivity index (χ1n) is 6.45. The fraction of sp³-hybridized carbons (Fsp3) is 0.500. The Morgan fingerprint density at radius 3 is 2.78 bits per heavy atom. The summed E-state index contributed by atoms with van der Waals surface area (Å²) in [5.41, 5.74) is 7.21. The van der Waals surface area contributed by atoms with E-state index in [-0.39, 0.29) is 5.91 Å². The lowest BCUT2D eigenvalue weighted by Gasteiger charge is -2.17. The standard InChI is InChI=1S/C14H20N2O2/c15-14(17)10-11-3-5-13(6-4-11)16-12-2-1-8-18-9-7-12/h3-6,12,16H,1-2,7-10H2,(H2,15,17). The van der Waals surface area contributed by atoms with Gasteiger partial charge in [0.05, 0.1) is 6.42 Å². The Balaban J connectivity index is 1.90. The van der Waals surface area contributed by atoms with Gasteiger partial charge < -0.3 is 15.8 Å². The predicted molar refractivity (Wildman–Crippen MR) is 71.4 cm³/mol. The zero-order chi connectivity index (χ0) is 12.8. The molecular formula is C14H20N2O2. The number of hydrogen-bond donors (Lipinski definition) is 2. The lowest BCUT2D eigenvalue weighted by atomic mass is 10.1. The molecule has 0 bridgehead atoms. The van der Waals surface area contributed by atoms with Crippen LogP contribution in [0.25, 0.3) is 0 Å². The second-order valence-corrected chi connectivity index (χ2v) is 4.72. The minimum absolute atomic E-state index is 0.295. The maximum atomic E-state index is 10.8. The van der Waals surface area contributed by atoms with Crippen LogP contribution in [0.3, 0.4) is 0 Å². The third-order valence-electron chi connectivity index (χ3n) is 3.15. The van der Waals surface area contributed by atoms with Crippen LogP contribution in [0.2, 0.25) is 0 Å². The number of nitrogens with two attached hydrogens (primary N) is 1. The minimum atomic E-state index is -0.295. The zero-order valence-electron chi connectivity index (χ0n) is 10.5. The Morgan fingerprint density at radius 2 is 2.06 bits per heavy atom. The van der Waals surface area contributed by atoms with E-state index in [1.807, 2.05) is 24.3 Å². The Morgan fingerprint density at radius 1 is 1.28 bits per heavy atom. The topological polar surface area (TPSA) is 64.4 Å². The highest BCUT2D eigenvalue weighted by molar-refractivity contribution is 5.76. The largest absolute Gasteiger partial charge is 0.382 e. The molecule has 1 saturated heterocycles. The summed E-state index contributed by atoms with van der Waals surface area (Å²) in [6.45, 7) is 1.70. The number of amides is 1. The first kappa shape index (κ1) is 12.9. The molecule has 0 aromatic heterocycles. The number of rotatable bonds is 4. The van der Waals surface area contributed by atoms with E-state index in [9.17, 15) is 4.79 Å². The highest BCUT2D eigenvalue weighted by atomic mass is 16.5. The molecule has 1 aliphatic heterocycles. The van der Waals surface area contributed by atoms with Crippen molar-refractivity contribution in [1.29, 1.82) is 0 Å². The monoisotopic (exact) mass is 248 g/mol. The molecule has 3 N–H and O–H groups in total. The van der Waals surface area contributed by atoms with Crippen molar-refractivity contribution < 1.29 is 9.53 Å². The minimum Gasteiger partial charge on any atom is -0.382 e. The summed E-state index contributed by atoms with van der Waals surface area (Å²) in [6.07, 6.45) is 3.60. The van der Waals surface area contributed by atoms with E-state index in [1.54, 1.807) is 0 Å². The first-order valence-corrected chi connectivity index (χ1v) is 6.45. The smallest absolute Gasteiger partial charge is 0.221 e. The average Bonchev–Trinajstić information content (AvgIpc) is 2.60. The number of carbonyl (C=O) groups excluding carboxylic acids is 1. The van der Waals surface area contributed by atoms with Gasteiger partial charge in [-0.25, -0.2) is 0 Å². The highest BCUT2D eigenvalue weighted by Crippen LogP contribution is 2.16. The van der Waals surface area contributed by atoms with Gasteiger partial charge in [-0.2, -0.15) is 0 Å². The van der Waals surface area contributed by atoms with Crippen molar-refractivity contribution in [2.75, 3.05) is 18.5 Å². The average molecular weight is 248 g/mol. The molecule has 0 radical (unpaired) electrons. The van der Waals surface area contributed by atoms with Gasteiger partial charge in [0.1, 0.15) is 0 Å². The van der Waals surface area contributed by atoms with Crippen molar-refractivity contribution in [1.82, 2.24) is 0 Å². The Hall–Kier alpha value is -1.55. The molecule has 1 fully saturated rings. The highest BCUT2D eigenvalue weighted by Gasteiger charge is 2.11. The molecule has 1 unspecified atom stereocenters. The normalized spacial score (nSPS) is 20.1. The second-order valence-electron chi connectivity index (χ2n) is 4.72. The SMILES string of the molecule is NC(=O)Cc1ccc(NC2CCCOCC2)cc1. The number of ether oxygens (including phenoxy) is 1. The van der Waals surface area contributed by atoms with Gasteiger partial charge in [-0.1, -0.05) is 12.1 Å². The molecule has 4 heteroatoms. The van der Waals surface area contributed by atoms with Crippen LogP contribution in [0, 0.1) is 0 Å². The number of benzene rings is 1. The Labute approximate surface area is 108 Å². The molecular weight excluding hydrogens is 228 g/mol. The summed E-state index contributed by atoms with van der Waals surface area (Å²) >= 11 is 0. The molecule has 1 atom stereocenters. The third kappa shape index (κ3) is 4.04. The molecule has 1 aromatic rings. The molecule has 98 valence electrons. The lowest BCUT2D eigenvalue weighted by Crippen LogP contribution is -2.19. The summed E-state index contributed by atoms with van der Waals surface area (Å²) in [7, 11) is 0. The van der Waals surface area contributed by atoms with Crippen LogP contribution >= 0.6 is 0 Å². The molecule has 1 aromatic carbocycles. The Bertz CT molecular complexity index is 381. The van der Waals surface area contributed by atoms with Gasteiger partial charge in [0, 0.05) is 24.9 Å². The molecule has 4 nitrogen and oxygen atoms in total. The van der Waals surface area contributed by atoms with Crippen molar-refractivity contribution in [3.63, 3.8) is 0 Å². The van der Waals surface area contributed by atoms with E-state index >= 15 is 0 Å². The Kier molecular flexibility index (Phi) is 4.59. The zero-order valence-corrected chi connectivity index (χ0v) is 10.5. The number of carbonyl (C=O) groups is 1. The quantitative estimate of drug-likeness (QED) is 0.852. The van der Waals surface area contributed by atoms with Crippen molar-refractivity contribution >= 4 is 11.6 Å². The van der Waals surface area contributed by atoms with Crippen molar-refractivity contribution in [3.8, 4) is 0 Å². The van der Waals surface area contributed by atoms with Gasteiger partial charge in [0.15, 0.2) is 0 Å². The van der Waals surface area contributed by atoms with E-state index < -0.39 is 0 Å². The summed E-state index contributed by atoms with van der Waals surface area (Å²) in [5, 5.41) is 3.51. The third-order valence-corrected chi connectivity index (χ3v) is 3.15. The number of hydrogen-bond acceptors (Lipinski definition) is 3. The van der Waals surface area contributed by atoms with Crippen molar-refractivity contribution in [2.24, 2.45) is 5.73 Å². The van der Waals surface area contributed by atoms with Gasteiger partial charge in [0.25, 0.3) is 0 Å².